The van der Waals surface area contributed by atoms with Crippen LogP contribution in [0.4, 0.5) is 0 Å². The van der Waals surface area contributed by atoms with Crippen LogP contribution < -0.4 is 0 Å². The van der Waals surface area contributed by atoms with Gasteiger partial charge in [-0.25, -0.2) is 4.79 Å². The van der Waals surface area contributed by atoms with Crippen LogP contribution in [0.2, 0.25) is 0 Å². The summed E-state index contributed by atoms with van der Waals surface area (Å²) in [5, 5.41) is 0. The SMILES string of the molecule is COC(=O)CC1C2(C)C(=O)C(CC3=C2CCC2(C)C3=CC(=O)OC2c2ccoc2)C(OC(=O)C(C)C)C1(C)C. The number of Topliss-reactive ketones (excluding diaryl/α,β-unsaturated/α-hetero) is 1. The molecule has 0 spiro atoms. The highest BCUT2D eigenvalue weighted by molar-refractivity contribution is 5.96. The van der Waals surface area contributed by atoms with Crippen molar-refractivity contribution in [2.75, 3.05) is 7.11 Å². The summed E-state index contributed by atoms with van der Waals surface area (Å²) in [6, 6.07) is 1.81. The highest BCUT2D eigenvalue weighted by Gasteiger charge is 2.67. The molecule has 4 aliphatic rings. The molecule has 1 fully saturated rings. The van der Waals surface area contributed by atoms with Gasteiger partial charge in [0.15, 0.2) is 0 Å². The molecule has 8 nitrogen and oxygen atoms in total. The van der Waals surface area contributed by atoms with Gasteiger partial charge < -0.3 is 18.6 Å². The van der Waals surface area contributed by atoms with Gasteiger partial charge in [0.1, 0.15) is 18.0 Å². The molecular weight excluding hydrogens is 500 g/mol. The molecule has 0 amide bonds. The fourth-order valence-electron chi connectivity index (χ4n) is 7.91. The number of rotatable bonds is 5. The first-order valence-corrected chi connectivity index (χ1v) is 13.8. The Kier molecular flexibility index (Phi) is 6.47. The number of furan rings is 1. The second kappa shape index (κ2) is 9.20. The second-order valence-corrected chi connectivity index (χ2v) is 12.8. The molecule has 6 unspecified atom stereocenters. The molecule has 210 valence electrons. The molecule has 1 saturated carbocycles. The molecule has 2 heterocycles. The van der Waals surface area contributed by atoms with Crippen molar-refractivity contribution in [3.8, 4) is 0 Å². The lowest BCUT2D eigenvalue weighted by Gasteiger charge is -2.61. The van der Waals surface area contributed by atoms with Crippen LogP contribution in [0.3, 0.4) is 0 Å². The summed E-state index contributed by atoms with van der Waals surface area (Å²) in [5.41, 5.74) is 1.38. The maximum atomic E-state index is 14.4. The van der Waals surface area contributed by atoms with E-state index >= 15 is 0 Å². The lowest BCUT2D eigenvalue weighted by Crippen LogP contribution is -2.64. The standard InChI is InChI=1S/C31H38O8/c1-16(2)28(35)39-27-19-12-18-20(31(6,25(19)34)22(29(27,3)4)14-23(32)36-7)8-10-30(5)21(18)13-24(33)38-26(30)17-9-11-37-15-17/h9,11,13,15-16,19,22,26-27H,8,10,12,14H2,1-7H3. The Hall–Kier alpha value is -3.16. The summed E-state index contributed by atoms with van der Waals surface area (Å²) >= 11 is 0. The summed E-state index contributed by atoms with van der Waals surface area (Å²) in [6.07, 6.45) is 5.13. The van der Waals surface area contributed by atoms with Crippen LogP contribution in [-0.4, -0.2) is 36.9 Å². The second-order valence-electron chi connectivity index (χ2n) is 12.8. The molecule has 2 bridgehead atoms. The Bertz CT molecular complexity index is 1280. The molecule has 0 aromatic carbocycles. The van der Waals surface area contributed by atoms with Crippen LogP contribution in [0.15, 0.2) is 45.8 Å². The highest BCUT2D eigenvalue weighted by Crippen LogP contribution is 2.67. The molecule has 0 radical (unpaired) electrons. The minimum Gasteiger partial charge on any atom is -0.472 e. The van der Waals surface area contributed by atoms with E-state index in [1.807, 2.05) is 26.8 Å². The average molecular weight is 539 g/mol. The lowest BCUT2D eigenvalue weighted by atomic mass is 9.43. The summed E-state index contributed by atoms with van der Waals surface area (Å²) in [5.74, 6) is -2.69. The van der Waals surface area contributed by atoms with Crippen LogP contribution in [0.5, 0.6) is 0 Å². The van der Waals surface area contributed by atoms with Gasteiger partial charge in [-0.15, -0.1) is 0 Å². The molecule has 5 rings (SSSR count). The zero-order valence-corrected chi connectivity index (χ0v) is 23.8. The smallest absolute Gasteiger partial charge is 0.331 e. The van der Waals surface area contributed by atoms with E-state index in [1.165, 1.54) is 7.11 Å². The van der Waals surface area contributed by atoms with Crippen LogP contribution in [0.1, 0.15) is 78.9 Å². The first-order valence-electron chi connectivity index (χ1n) is 13.8. The predicted octanol–water partition coefficient (Wildman–Crippen LogP) is 5.28. The zero-order valence-electron chi connectivity index (χ0n) is 23.8. The summed E-state index contributed by atoms with van der Waals surface area (Å²) in [7, 11) is 1.34. The number of fused-ring (bicyclic) bond motifs is 5. The first-order chi connectivity index (χ1) is 18.3. The maximum absolute atomic E-state index is 14.4. The number of carbonyl (C=O) groups excluding carboxylic acids is 4. The Morgan fingerprint density at radius 1 is 1.15 bits per heavy atom. The number of ketones is 1. The van der Waals surface area contributed by atoms with E-state index in [4.69, 9.17) is 18.6 Å². The van der Waals surface area contributed by atoms with Gasteiger partial charge in [-0.3, -0.25) is 14.4 Å². The van der Waals surface area contributed by atoms with E-state index in [-0.39, 0.29) is 24.1 Å². The third-order valence-electron chi connectivity index (χ3n) is 10.0. The zero-order chi connectivity index (χ0) is 28.5. The summed E-state index contributed by atoms with van der Waals surface area (Å²) in [4.78, 5) is 52.9. The lowest BCUT2D eigenvalue weighted by molar-refractivity contribution is -0.189. The van der Waals surface area contributed by atoms with Gasteiger partial charge >= 0.3 is 17.9 Å². The first kappa shape index (κ1) is 27.4. The molecular formula is C31H38O8. The molecule has 0 saturated heterocycles. The summed E-state index contributed by atoms with van der Waals surface area (Å²) in [6.45, 7) is 11.5. The van der Waals surface area contributed by atoms with Crippen molar-refractivity contribution in [1.29, 1.82) is 0 Å². The monoisotopic (exact) mass is 538 g/mol. The number of esters is 3. The van der Waals surface area contributed by atoms with Gasteiger partial charge in [-0.1, -0.05) is 40.2 Å². The van der Waals surface area contributed by atoms with Crippen molar-refractivity contribution in [3.63, 3.8) is 0 Å². The van der Waals surface area contributed by atoms with Crippen molar-refractivity contribution < 1.29 is 37.8 Å². The Morgan fingerprint density at radius 2 is 1.87 bits per heavy atom. The van der Waals surface area contributed by atoms with E-state index in [0.29, 0.717) is 19.3 Å². The highest BCUT2D eigenvalue weighted by atomic mass is 16.6. The third kappa shape index (κ3) is 3.93. The minimum absolute atomic E-state index is 0.00925. The fraction of sp³-hybridized carbons (Fsp3) is 0.613. The van der Waals surface area contributed by atoms with Crippen LogP contribution in [-0.2, 0) is 33.4 Å². The Labute approximate surface area is 229 Å². The molecule has 6 atom stereocenters. The third-order valence-corrected chi connectivity index (χ3v) is 10.0. The van der Waals surface area contributed by atoms with Gasteiger partial charge in [0.2, 0.25) is 0 Å². The minimum atomic E-state index is -0.981. The number of ether oxygens (including phenoxy) is 3. The van der Waals surface area contributed by atoms with E-state index in [1.54, 1.807) is 32.4 Å². The van der Waals surface area contributed by atoms with Gasteiger partial charge in [0, 0.05) is 22.5 Å². The number of carbonyl (C=O) groups is 4. The van der Waals surface area contributed by atoms with Gasteiger partial charge in [-0.2, -0.15) is 0 Å². The van der Waals surface area contributed by atoms with Crippen molar-refractivity contribution >= 4 is 23.7 Å². The Balaban J connectivity index is 1.69. The van der Waals surface area contributed by atoms with Crippen molar-refractivity contribution in [2.24, 2.45) is 34.0 Å². The molecule has 1 aliphatic heterocycles. The van der Waals surface area contributed by atoms with Gasteiger partial charge in [-0.05, 0) is 49.3 Å². The van der Waals surface area contributed by atoms with E-state index in [9.17, 15) is 19.2 Å². The molecule has 0 N–H and O–H groups in total. The van der Waals surface area contributed by atoms with Gasteiger partial charge in [0.05, 0.1) is 43.3 Å². The number of methoxy groups -OCH3 is 1. The maximum Gasteiger partial charge on any atom is 0.331 e. The molecule has 39 heavy (non-hydrogen) atoms. The number of allylic oxidation sites excluding steroid dienone is 2. The van der Waals surface area contributed by atoms with E-state index in [0.717, 1.165) is 22.3 Å². The van der Waals surface area contributed by atoms with E-state index < -0.39 is 52.2 Å². The average Bonchev–Trinajstić information content (AvgIpc) is 3.41. The quantitative estimate of drug-likeness (QED) is 0.368. The van der Waals surface area contributed by atoms with Crippen LogP contribution >= 0.6 is 0 Å². The van der Waals surface area contributed by atoms with Crippen molar-refractivity contribution in [1.82, 2.24) is 0 Å². The molecule has 1 aromatic rings. The normalized spacial score (nSPS) is 35.0. The topological polar surface area (TPSA) is 109 Å². The fourth-order valence-corrected chi connectivity index (χ4v) is 7.91. The Morgan fingerprint density at radius 3 is 2.49 bits per heavy atom. The van der Waals surface area contributed by atoms with Crippen molar-refractivity contribution in [3.05, 3.63) is 47.0 Å². The van der Waals surface area contributed by atoms with Crippen molar-refractivity contribution in [2.45, 2.75) is 79.4 Å². The number of hydrogen-bond donors (Lipinski definition) is 0. The van der Waals surface area contributed by atoms with Crippen LogP contribution in [0, 0.1) is 34.0 Å². The van der Waals surface area contributed by atoms with Gasteiger partial charge in [0.25, 0.3) is 0 Å². The number of cyclic esters (lactones) is 1. The molecule has 3 aliphatic carbocycles. The summed E-state index contributed by atoms with van der Waals surface area (Å²) < 4.78 is 22.3. The molecule has 1 aromatic heterocycles. The van der Waals surface area contributed by atoms with Crippen LogP contribution in [0.25, 0.3) is 0 Å². The largest absolute Gasteiger partial charge is 0.472 e. The number of hydrogen-bond acceptors (Lipinski definition) is 8. The predicted molar refractivity (Wildman–Crippen MR) is 140 cm³/mol. The van der Waals surface area contributed by atoms with E-state index in [2.05, 4.69) is 6.92 Å². The molecule has 8 heteroatoms.